The highest BCUT2D eigenvalue weighted by Gasteiger charge is 2.00. The molecule has 1 aromatic heterocycles. The molecule has 1 rings (SSSR count). The Morgan fingerprint density at radius 3 is 3.14 bits per heavy atom. The van der Waals surface area contributed by atoms with E-state index in [0.717, 1.165) is 24.3 Å². The molecule has 76 valence electrons. The van der Waals surface area contributed by atoms with Crippen LogP contribution in [0.5, 0.6) is 0 Å². The summed E-state index contributed by atoms with van der Waals surface area (Å²) in [6.07, 6.45) is 3.64. The molecular formula is C10H14N2OS. The zero-order chi connectivity index (χ0) is 10.4. The van der Waals surface area contributed by atoms with Crippen molar-refractivity contribution < 1.29 is 0 Å². The number of rotatable bonds is 5. The molecule has 0 aromatic carbocycles. The van der Waals surface area contributed by atoms with E-state index in [1.54, 1.807) is 12.1 Å². The van der Waals surface area contributed by atoms with Gasteiger partial charge in [0.2, 0.25) is 0 Å². The van der Waals surface area contributed by atoms with Crippen LogP contribution in [0.2, 0.25) is 0 Å². The maximum atomic E-state index is 11.2. The van der Waals surface area contributed by atoms with Crippen molar-refractivity contribution in [3.63, 3.8) is 0 Å². The summed E-state index contributed by atoms with van der Waals surface area (Å²) in [5, 5.41) is 0.681. The molecule has 0 saturated carbocycles. The van der Waals surface area contributed by atoms with Crippen LogP contribution in [0.3, 0.4) is 0 Å². The number of hydrogen-bond acceptors (Lipinski definition) is 3. The highest BCUT2D eigenvalue weighted by atomic mass is 32.2. The van der Waals surface area contributed by atoms with E-state index in [2.05, 4.69) is 23.5 Å². The Morgan fingerprint density at radius 1 is 1.71 bits per heavy atom. The Morgan fingerprint density at radius 2 is 2.50 bits per heavy atom. The summed E-state index contributed by atoms with van der Waals surface area (Å²) < 4.78 is 0. The van der Waals surface area contributed by atoms with Gasteiger partial charge in [-0.25, -0.2) is 4.98 Å². The van der Waals surface area contributed by atoms with E-state index < -0.39 is 0 Å². The number of aromatic amines is 1. The normalized spacial score (nSPS) is 10.1. The predicted octanol–water partition coefficient (Wildman–Crippen LogP) is 2.00. The van der Waals surface area contributed by atoms with E-state index in [9.17, 15) is 4.79 Å². The second-order valence-corrected chi connectivity index (χ2v) is 3.90. The topological polar surface area (TPSA) is 45.8 Å². The fourth-order valence-corrected chi connectivity index (χ4v) is 1.70. The molecule has 3 nitrogen and oxygen atoms in total. The van der Waals surface area contributed by atoms with Crippen molar-refractivity contribution in [1.82, 2.24) is 9.97 Å². The van der Waals surface area contributed by atoms with Gasteiger partial charge in [-0.2, -0.15) is 0 Å². The monoisotopic (exact) mass is 210 g/mol. The smallest absolute Gasteiger partial charge is 0.251 e. The minimum atomic E-state index is -0.0741. The van der Waals surface area contributed by atoms with Crippen molar-refractivity contribution in [2.45, 2.75) is 24.9 Å². The molecule has 0 radical (unpaired) electrons. The van der Waals surface area contributed by atoms with Gasteiger partial charge in [0.25, 0.3) is 5.56 Å². The minimum absolute atomic E-state index is 0.0741. The van der Waals surface area contributed by atoms with Crippen LogP contribution in [0, 0.1) is 0 Å². The fourth-order valence-electron chi connectivity index (χ4n) is 1.07. The van der Waals surface area contributed by atoms with Gasteiger partial charge in [0, 0.05) is 17.5 Å². The number of hydrogen-bond donors (Lipinski definition) is 1. The summed E-state index contributed by atoms with van der Waals surface area (Å²) in [4.78, 5) is 18.2. The largest absolute Gasteiger partial charge is 0.301 e. The summed E-state index contributed by atoms with van der Waals surface area (Å²) in [7, 11) is 0. The lowest BCUT2D eigenvalue weighted by atomic mass is 10.2. The molecule has 0 aliphatic rings. The van der Waals surface area contributed by atoms with E-state index in [0.29, 0.717) is 5.16 Å². The average Bonchev–Trinajstić information content (AvgIpc) is 2.14. The zero-order valence-corrected chi connectivity index (χ0v) is 9.06. The van der Waals surface area contributed by atoms with Crippen LogP contribution < -0.4 is 5.56 Å². The highest BCUT2D eigenvalue weighted by Crippen LogP contribution is 2.11. The number of nitrogens with one attached hydrogen (secondary N) is 1. The van der Waals surface area contributed by atoms with Gasteiger partial charge in [-0.3, -0.25) is 4.79 Å². The predicted molar refractivity (Wildman–Crippen MR) is 59.8 cm³/mol. The maximum Gasteiger partial charge on any atom is 0.251 e. The molecule has 1 heterocycles. The molecule has 0 unspecified atom stereocenters. The summed E-state index contributed by atoms with van der Waals surface area (Å²) in [6.45, 7) is 5.69. The van der Waals surface area contributed by atoms with Gasteiger partial charge in [0.05, 0.1) is 0 Å². The number of H-pyrrole nitrogens is 1. The van der Waals surface area contributed by atoms with Crippen molar-refractivity contribution in [2.24, 2.45) is 0 Å². The van der Waals surface area contributed by atoms with E-state index >= 15 is 0 Å². The maximum absolute atomic E-state index is 11.2. The minimum Gasteiger partial charge on any atom is -0.301 e. The molecule has 0 aliphatic carbocycles. The Hall–Kier alpha value is -1.03. The van der Waals surface area contributed by atoms with E-state index in [1.807, 2.05) is 0 Å². The molecule has 0 spiro atoms. The van der Waals surface area contributed by atoms with Crippen molar-refractivity contribution in [3.8, 4) is 0 Å². The Labute approximate surface area is 87.7 Å². The van der Waals surface area contributed by atoms with Gasteiger partial charge in [-0.05, 0) is 6.42 Å². The van der Waals surface area contributed by atoms with Crippen LogP contribution >= 0.6 is 11.8 Å². The third kappa shape index (κ3) is 3.38. The van der Waals surface area contributed by atoms with E-state index in [4.69, 9.17) is 0 Å². The van der Waals surface area contributed by atoms with Gasteiger partial charge in [-0.15, -0.1) is 6.58 Å². The molecule has 0 fully saturated rings. The molecular weight excluding hydrogens is 196 g/mol. The molecule has 4 heteroatoms. The molecule has 1 N–H and O–H groups in total. The number of nitrogens with zero attached hydrogens (tertiary/aromatic N) is 1. The summed E-state index contributed by atoms with van der Waals surface area (Å²) in [6, 6.07) is 1.56. The van der Waals surface area contributed by atoms with E-state index in [1.165, 1.54) is 11.8 Å². The first kappa shape index (κ1) is 11.0. The van der Waals surface area contributed by atoms with Gasteiger partial charge >= 0.3 is 0 Å². The molecule has 0 amide bonds. The molecule has 0 aliphatic heterocycles. The Kier molecular flexibility index (Phi) is 4.46. The number of aromatic nitrogens is 2. The van der Waals surface area contributed by atoms with Crippen LogP contribution in [0.4, 0.5) is 0 Å². The SMILES string of the molecule is C=CCSc1nc(CCC)cc(=O)[nH]1. The standard InChI is InChI=1S/C10H14N2OS/c1-3-5-8-7-9(13)12-10(11-8)14-6-4-2/h4,7H,2-3,5-6H2,1H3,(H,11,12,13). The molecule has 0 atom stereocenters. The van der Waals surface area contributed by atoms with Crippen LogP contribution in [0.25, 0.3) is 0 Å². The molecule has 1 aromatic rings. The number of aryl methyl sites for hydroxylation is 1. The highest BCUT2D eigenvalue weighted by molar-refractivity contribution is 7.99. The van der Waals surface area contributed by atoms with Gasteiger partial charge in [0.15, 0.2) is 5.16 Å². The second kappa shape index (κ2) is 5.65. The van der Waals surface area contributed by atoms with Gasteiger partial charge < -0.3 is 4.98 Å². The quantitative estimate of drug-likeness (QED) is 0.459. The third-order valence-corrected chi connectivity index (χ3v) is 2.49. The summed E-state index contributed by atoms with van der Waals surface area (Å²) >= 11 is 1.49. The average molecular weight is 210 g/mol. The van der Waals surface area contributed by atoms with Gasteiger partial charge in [-0.1, -0.05) is 31.2 Å². The van der Waals surface area contributed by atoms with Crippen molar-refractivity contribution in [1.29, 1.82) is 0 Å². The van der Waals surface area contributed by atoms with Crippen LogP contribution in [0.1, 0.15) is 19.0 Å². The molecule has 14 heavy (non-hydrogen) atoms. The summed E-state index contributed by atoms with van der Waals surface area (Å²) in [5.74, 6) is 0.762. The van der Waals surface area contributed by atoms with Crippen molar-refractivity contribution in [2.75, 3.05) is 5.75 Å². The lowest BCUT2D eigenvalue weighted by Crippen LogP contribution is -2.09. The first-order valence-electron chi connectivity index (χ1n) is 4.60. The lowest BCUT2D eigenvalue weighted by Gasteiger charge is -2.00. The van der Waals surface area contributed by atoms with Crippen LogP contribution in [-0.4, -0.2) is 15.7 Å². The van der Waals surface area contributed by atoms with Crippen LogP contribution in [-0.2, 0) is 6.42 Å². The Bertz CT molecular complexity index is 359. The van der Waals surface area contributed by atoms with Crippen molar-refractivity contribution >= 4 is 11.8 Å². The fraction of sp³-hybridized carbons (Fsp3) is 0.400. The Balaban J connectivity index is 2.83. The zero-order valence-electron chi connectivity index (χ0n) is 8.25. The first-order valence-corrected chi connectivity index (χ1v) is 5.58. The third-order valence-electron chi connectivity index (χ3n) is 1.62. The van der Waals surface area contributed by atoms with Crippen LogP contribution in [0.15, 0.2) is 28.7 Å². The lowest BCUT2D eigenvalue weighted by molar-refractivity contribution is 0.816. The molecule has 0 bridgehead atoms. The van der Waals surface area contributed by atoms with Gasteiger partial charge in [0.1, 0.15) is 0 Å². The van der Waals surface area contributed by atoms with Crippen molar-refractivity contribution in [3.05, 3.63) is 34.8 Å². The summed E-state index contributed by atoms with van der Waals surface area (Å²) in [5.41, 5.74) is 0.790. The second-order valence-electron chi connectivity index (χ2n) is 2.89. The number of thioether (sulfide) groups is 1. The molecule has 0 saturated heterocycles. The van der Waals surface area contributed by atoms with E-state index in [-0.39, 0.29) is 5.56 Å². The first-order chi connectivity index (χ1) is 6.76.